The predicted molar refractivity (Wildman–Crippen MR) is 56.6 cm³/mol. The zero-order chi connectivity index (χ0) is 9.36. The number of hydrogen-bond acceptors (Lipinski definition) is 2. The van der Waals surface area contributed by atoms with Crippen molar-refractivity contribution in [2.45, 2.75) is 25.7 Å². The summed E-state index contributed by atoms with van der Waals surface area (Å²) >= 11 is 0. The molecule has 1 saturated heterocycles. The lowest BCUT2D eigenvalue weighted by molar-refractivity contribution is 0.344. The van der Waals surface area contributed by atoms with Crippen molar-refractivity contribution in [3.63, 3.8) is 0 Å². The Bertz CT molecular complexity index is 161. The fourth-order valence-electron chi connectivity index (χ4n) is 1.62. The number of nitrogens with zero attached hydrogens (tertiary/aromatic N) is 1. The first kappa shape index (κ1) is 10.4. The lowest BCUT2D eigenvalue weighted by Gasteiger charge is -2.20. The topological polar surface area (TPSA) is 15.3 Å². The smallest absolute Gasteiger partial charge is 0.0417 e. The SMILES string of the molecule is C=C=CN1CCCCNCCCC1. The van der Waals surface area contributed by atoms with Crippen LogP contribution in [0.5, 0.6) is 0 Å². The van der Waals surface area contributed by atoms with E-state index in [2.05, 4.69) is 22.5 Å². The molecule has 1 aliphatic rings. The zero-order valence-corrected chi connectivity index (χ0v) is 8.39. The fourth-order valence-corrected chi connectivity index (χ4v) is 1.62. The molecular weight excluding hydrogens is 160 g/mol. The van der Waals surface area contributed by atoms with E-state index in [0.717, 1.165) is 13.1 Å². The van der Waals surface area contributed by atoms with Crippen molar-refractivity contribution in [2.24, 2.45) is 0 Å². The number of rotatable bonds is 1. The van der Waals surface area contributed by atoms with E-state index in [1.165, 1.54) is 38.8 Å². The maximum atomic E-state index is 3.62. The van der Waals surface area contributed by atoms with Gasteiger partial charge in [-0.3, -0.25) is 0 Å². The summed E-state index contributed by atoms with van der Waals surface area (Å²) in [6.07, 6.45) is 7.09. The van der Waals surface area contributed by atoms with Gasteiger partial charge in [0.15, 0.2) is 0 Å². The van der Waals surface area contributed by atoms with Crippen molar-refractivity contribution in [3.8, 4) is 0 Å². The summed E-state index contributed by atoms with van der Waals surface area (Å²) in [6.45, 7) is 8.27. The van der Waals surface area contributed by atoms with E-state index in [-0.39, 0.29) is 0 Å². The normalized spacial score (nSPS) is 20.5. The van der Waals surface area contributed by atoms with Gasteiger partial charge in [-0.15, -0.1) is 5.73 Å². The molecule has 13 heavy (non-hydrogen) atoms. The van der Waals surface area contributed by atoms with Crippen LogP contribution in [0.15, 0.2) is 18.5 Å². The van der Waals surface area contributed by atoms with Crippen LogP contribution in [0.2, 0.25) is 0 Å². The van der Waals surface area contributed by atoms with Crippen molar-refractivity contribution < 1.29 is 0 Å². The Morgan fingerprint density at radius 1 is 1.08 bits per heavy atom. The second-order valence-corrected chi connectivity index (χ2v) is 3.53. The quantitative estimate of drug-likeness (QED) is 0.618. The molecular formula is C11H20N2. The van der Waals surface area contributed by atoms with Crippen LogP contribution in [0.3, 0.4) is 0 Å². The van der Waals surface area contributed by atoms with Crippen LogP contribution in [-0.2, 0) is 0 Å². The highest BCUT2D eigenvalue weighted by molar-refractivity contribution is 4.78. The average molecular weight is 180 g/mol. The first-order chi connectivity index (χ1) is 6.43. The zero-order valence-electron chi connectivity index (χ0n) is 8.39. The molecule has 1 rings (SSSR count). The van der Waals surface area contributed by atoms with Gasteiger partial charge in [0.05, 0.1) is 0 Å². The van der Waals surface area contributed by atoms with Crippen molar-refractivity contribution >= 4 is 0 Å². The third-order valence-corrected chi connectivity index (χ3v) is 2.37. The Labute approximate surface area is 81.3 Å². The van der Waals surface area contributed by atoms with Gasteiger partial charge < -0.3 is 10.2 Å². The molecule has 1 fully saturated rings. The highest BCUT2D eigenvalue weighted by atomic mass is 15.1. The third kappa shape index (κ3) is 4.76. The second kappa shape index (κ2) is 6.76. The minimum absolute atomic E-state index is 1.16. The van der Waals surface area contributed by atoms with Crippen LogP contribution in [0, 0.1) is 0 Å². The summed E-state index contributed by atoms with van der Waals surface area (Å²) in [4.78, 5) is 2.33. The molecule has 0 spiro atoms. The Hall–Kier alpha value is -0.720. The van der Waals surface area contributed by atoms with Crippen molar-refractivity contribution in [3.05, 3.63) is 18.5 Å². The molecule has 74 valence electrons. The van der Waals surface area contributed by atoms with Crippen LogP contribution in [0.4, 0.5) is 0 Å². The maximum Gasteiger partial charge on any atom is 0.0417 e. The lowest BCUT2D eigenvalue weighted by Crippen LogP contribution is -2.25. The molecule has 0 bridgehead atoms. The van der Waals surface area contributed by atoms with Gasteiger partial charge in [0, 0.05) is 19.3 Å². The van der Waals surface area contributed by atoms with Crippen LogP contribution >= 0.6 is 0 Å². The van der Waals surface area contributed by atoms with Gasteiger partial charge in [-0.1, -0.05) is 6.58 Å². The molecule has 0 aromatic heterocycles. The van der Waals surface area contributed by atoms with E-state index >= 15 is 0 Å². The largest absolute Gasteiger partial charge is 0.371 e. The van der Waals surface area contributed by atoms with Gasteiger partial charge in [0.25, 0.3) is 0 Å². The van der Waals surface area contributed by atoms with E-state index in [4.69, 9.17) is 0 Å². The van der Waals surface area contributed by atoms with E-state index in [1.807, 2.05) is 6.20 Å². The molecule has 0 aromatic rings. The average Bonchev–Trinajstić information content (AvgIpc) is 2.16. The van der Waals surface area contributed by atoms with Gasteiger partial charge in [0.1, 0.15) is 0 Å². The van der Waals surface area contributed by atoms with E-state index in [1.54, 1.807) is 0 Å². The number of nitrogens with one attached hydrogen (secondary N) is 1. The molecule has 0 amide bonds. The van der Waals surface area contributed by atoms with Crippen molar-refractivity contribution in [1.29, 1.82) is 0 Å². The van der Waals surface area contributed by atoms with E-state index < -0.39 is 0 Å². The first-order valence-electron chi connectivity index (χ1n) is 5.24. The Balaban J connectivity index is 2.30. The van der Waals surface area contributed by atoms with E-state index in [9.17, 15) is 0 Å². The molecule has 0 aliphatic carbocycles. The van der Waals surface area contributed by atoms with Gasteiger partial charge >= 0.3 is 0 Å². The predicted octanol–water partition coefficient (Wildman–Crippen LogP) is 1.75. The van der Waals surface area contributed by atoms with Gasteiger partial charge in [0.2, 0.25) is 0 Å². The molecule has 1 N–H and O–H groups in total. The van der Waals surface area contributed by atoms with Crippen molar-refractivity contribution in [2.75, 3.05) is 26.2 Å². The highest BCUT2D eigenvalue weighted by Gasteiger charge is 2.01. The van der Waals surface area contributed by atoms with Gasteiger partial charge in [-0.05, 0) is 38.8 Å². The molecule has 0 saturated carbocycles. The Morgan fingerprint density at radius 2 is 1.69 bits per heavy atom. The van der Waals surface area contributed by atoms with Crippen LogP contribution in [-0.4, -0.2) is 31.1 Å². The van der Waals surface area contributed by atoms with Crippen molar-refractivity contribution in [1.82, 2.24) is 10.2 Å². The van der Waals surface area contributed by atoms with Crippen LogP contribution in [0.1, 0.15) is 25.7 Å². The fraction of sp³-hybridized carbons (Fsp3) is 0.727. The minimum Gasteiger partial charge on any atom is -0.371 e. The molecule has 0 atom stereocenters. The standard InChI is InChI=1S/C11H20N2/c1-2-9-13-10-5-3-7-12-8-4-6-11-13/h9,12H,1,3-8,10-11H2. The van der Waals surface area contributed by atoms with Crippen LogP contribution < -0.4 is 5.32 Å². The molecule has 2 heteroatoms. The summed E-state index contributed by atoms with van der Waals surface area (Å²) in [7, 11) is 0. The molecule has 0 aromatic carbocycles. The molecule has 1 aliphatic heterocycles. The van der Waals surface area contributed by atoms with Gasteiger partial charge in [-0.25, -0.2) is 0 Å². The lowest BCUT2D eigenvalue weighted by atomic mass is 10.2. The molecule has 0 radical (unpaired) electrons. The summed E-state index contributed by atoms with van der Waals surface area (Å²) < 4.78 is 0. The van der Waals surface area contributed by atoms with Crippen LogP contribution in [0.25, 0.3) is 0 Å². The Morgan fingerprint density at radius 3 is 2.23 bits per heavy atom. The first-order valence-corrected chi connectivity index (χ1v) is 5.24. The monoisotopic (exact) mass is 180 g/mol. The summed E-state index contributed by atoms with van der Waals surface area (Å²) in [5.74, 6) is 0. The summed E-state index contributed by atoms with van der Waals surface area (Å²) in [5, 5.41) is 3.45. The maximum absolute atomic E-state index is 3.62. The molecule has 0 unspecified atom stereocenters. The summed E-state index contributed by atoms with van der Waals surface area (Å²) in [6, 6.07) is 0. The number of hydrogen-bond donors (Lipinski definition) is 1. The second-order valence-electron chi connectivity index (χ2n) is 3.53. The molecule has 1 heterocycles. The summed E-state index contributed by atoms with van der Waals surface area (Å²) in [5.41, 5.74) is 2.86. The third-order valence-electron chi connectivity index (χ3n) is 2.37. The van der Waals surface area contributed by atoms with Gasteiger partial charge in [-0.2, -0.15) is 0 Å². The Kier molecular flexibility index (Phi) is 5.39. The molecule has 2 nitrogen and oxygen atoms in total. The minimum atomic E-state index is 1.16. The van der Waals surface area contributed by atoms with E-state index in [0.29, 0.717) is 0 Å². The highest BCUT2D eigenvalue weighted by Crippen LogP contribution is 2.01.